The molecule has 140 valence electrons. The summed E-state index contributed by atoms with van der Waals surface area (Å²) >= 11 is 0. The summed E-state index contributed by atoms with van der Waals surface area (Å²) in [6.45, 7) is 2.96. The highest BCUT2D eigenvalue weighted by molar-refractivity contribution is 7.89. The van der Waals surface area contributed by atoms with Gasteiger partial charge in [-0.3, -0.25) is 4.79 Å². The number of piperazine rings is 1. The highest BCUT2D eigenvalue weighted by Crippen LogP contribution is 2.25. The van der Waals surface area contributed by atoms with Gasteiger partial charge in [-0.25, -0.2) is 8.42 Å². The van der Waals surface area contributed by atoms with Crippen molar-refractivity contribution in [2.45, 2.75) is 6.92 Å². The summed E-state index contributed by atoms with van der Waals surface area (Å²) in [5.41, 5.74) is 0.851. The molecule has 0 spiro atoms. The molecule has 1 aliphatic rings. The van der Waals surface area contributed by atoms with Crippen molar-refractivity contribution in [1.82, 2.24) is 9.21 Å². The third-order valence-electron chi connectivity index (χ3n) is 4.48. The number of amides is 1. The van der Waals surface area contributed by atoms with E-state index in [4.69, 9.17) is 9.15 Å². The number of nitrogens with zero attached hydrogens (tertiary/aromatic N) is 2. The molecule has 1 aromatic carbocycles. The van der Waals surface area contributed by atoms with Gasteiger partial charge in [0.15, 0.2) is 5.76 Å². The molecule has 0 bridgehead atoms. The number of rotatable bonds is 5. The highest BCUT2D eigenvalue weighted by Gasteiger charge is 2.29. The van der Waals surface area contributed by atoms with Crippen molar-refractivity contribution in [3.63, 3.8) is 0 Å². The maximum Gasteiger partial charge on any atom is 0.289 e. The summed E-state index contributed by atoms with van der Waals surface area (Å²) in [4.78, 5) is 14.2. The maximum atomic E-state index is 12.6. The van der Waals surface area contributed by atoms with Gasteiger partial charge < -0.3 is 14.1 Å². The van der Waals surface area contributed by atoms with Gasteiger partial charge in [0.25, 0.3) is 5.91 Å². The van der Waals surface area contributed by atoms with Gasteiger partial charge in [-0.1, -0.05) is 0 Å². The first kappa shape index (κ1) is 18.5. The molecule has 26 heavy (non-hydrogen) atoms. The maximum absolute atomic E-state index is 12.6. The lowest BCUT2D eigenvalue weighted by Crippen LogP contribution is -2.50. The van der Waals surface area contributed by atoms with Gasteiger partial charge in [0.2, 0.25) is 10.0 Å². The number of carbonyl (C=O) groups is 1. The van der Waals surface area contributed by atoms with Gasteiger partial charge in [-0.2, -0.15) is 4.31 Å². The summed E-state index contributed by atoms with van der Waals surface area (Å²) in [5, 5.41) is 0. The molecule has 0 unspecified atom stereocenters. The zero-order valence-electron chi connectivity index (χ0n) is 14.8. The monoisotopic (exact) mass is 378 g/mol. The van der Waals surface area contributed by atoms with E-state index in [1.807, 2.05) is 24.3 Å². The molecule has 2 aromatic rings. The lowest BCUT2D eigenvalue weighted by atomic mass is 10.2. The predicted molar refractivity (Wildman–Crippen MR) is 97.6 cm³/mol. The highest BCUT2D eigenvalue weighted by atomic mass is 32.2. The van der Waals surface area contributed by atoms with Crippen molar-refractivity contribution in [3.05, 3.63) is 42.2 Å². The smallest absolute Gasteiger partial charge is 0.289 e. The van der Waals surface area contributed by atoms with Crippen LogP contribution in [-0.2, 0) is 10.0 Å². The Labute approximate surface area is 153 Å². The standard InChI is InChI=1S/C18H22N2O5S/c1-3-26(22,23)20-12-10-19(11-13-20)18(21)17-9-8-16(25-17)14-4-6-15(24-2)7-5-14/h4-9H,3,10-13H2,1-2H3. The van der Waals surface area contributed by atoms with Gasteiger partial charge in [0, 0.05) is 31.7 Å². The lowest BCUT2D eigenvalue weighted by molar-refractivity contribution is 0.0667. The van der Waals surface area contributed by atoms with E-state index in [1.165, 1.54) is 4.31 Å². The van der Waals surface area contributed by atoms with Gasteiger partial charge in [-0.05, 0) is 43.3 Å². The van der Waals surface area contributed by atoms with Crippen molar-refractivity contribution in [2.24, 2.45) is 0 Å². The Morgan fingerprint density at radius 1 is 1.08 bits per heavy atom. The van der Waals surface area contributed by atoms with Crippen molar-refractivity contribution in [2.75, 3.05) is 39.0 Å². The molecule has 1 aromatic heterocycles. The molecule has 1 aliphatic heterocycles. The molecule has 1 saturated heterocycles. The van der Waals surface area contributed by atoms with Crippen molar-refractivity contribution in [1.29, 1.82) is 0 Å². The Morgan fingerprint density at radius 3 is 2.31 bits per heavy atom. The Morgan fingerprint density at radius 2 is 1.73 bits per heavy atom. The first-order chi connectivity index (χ1) is 12.4. The van der Waals surface area contributed by atoms with Crippen molar-refractivity contribution >= 4 is 15.9 Å². The summed E-state index contributed by atoms with van der Waals surface area (Å²) in [6, 6.07) is 10.8. The SMILES string of the molecule is CCS(=O)(=O)N1CCN(C(=O)c2ccc(-c3ccc(OC)cc3)o2)CC1. The van der Waals surface area contributed by atoms with E-state index in [0.717, 1.165) is 11.3 Å². The number of sulfonamides is 1. The third-order valence-corrected chi connectivity index (χ3v) is 6.36. The lowest BCUT2D eigenvalue weighted by Gasteiger charge is -2.33. The number of benzene rings is 1. The fourth-order valence-electron chi connectivity index (χ4n) is 2.87. The van der Waals surface area contributed by atoms with E-state index >= 15 is 0 Å². The fourth-order valence-corrected chi connectivity index (χ4v) is 3.96. The third kappa shape index (κ3) is 3.76. The van der Waals surface area contributed by atoms with Crippen LogP contribution in [0.5, 0.6) is 5.75 Å². The second kappa shape index (κ2) is 7.51. The Kier molecular flexibility index (Phi) is 5.33. The van der Waals surface area contributed by atoms with E-state index in [-0.39, 0.29) is 17.4 Å². The number of ether oxygens (including phenoxy) is 1. The van der Waals surface area contributed by atoms with Crippen molar-refractivity contribution in [3.8, 4) is 17.1 Å². The average Bonchev–Trinajstić information content (AvgIpc) is 3.17. The minimum atomic E-state index is -3.21. The molecule has 2 heterocycles. The van der Waals surface area contributed by atoms with Crippen LogP contribution in [0.2, 0.25) is 0 Å². The minimum Gasteiger partial charge on any atom is -0.497 e. The van der Waals surface area contributed by atoms with E-state index in [1.54, 1.807) is 31.1 Å². The molecule has 1 amide bonds. The molecule has 8 heteroatoms. The Balaban J connectivity index is 1.67. The summed E-state index contributed by atoms with van der Waals surface area (Å²) in [7, 11) is -1.61. The summed E-state index contributed by atoms with van der Waals surface area (Å²) in [5.74, 6) is 1.45. The molecule has 0 radical (unpaired) electrons. The zero-order valence-corrected chi connectivity index (χ0v) is 15.7. The Bertz CT molecular complexity index is 865. The molecule has 0 saturated carbocycles. The fraction of sp³-hybridized carbons (Fsp3) is 0.389. The number of methoxy groups -OCH3 is 1. The van der Waals surface area contributed by atoms with Gasteiger partial charge in [-0.15, -0.1) is 0 Å². The second-order valence-electron chi connectivity index (χ2n) is 5.98. The van der Waals surface area contributed by atoms with Crippen LogP contribution in [0.15, 0.2) is 40.8 Å². The van der Waals surface area contributed by atoms with Crippen LogP contribution in [-0.4, -0.2) is 62.6 Å². The Hall–Kier alpha value is -2.32. The van der Waals surface area contributed by atoms with E-state index in [9.17, 15) is 13.2 Å². The predicted octanol–water partition coefficient (Wildman–Crippen LogP) is 2.06. The first-order valence-corrected chi connectivity index (χ1v) is 10.1. The van der Waals surface area contributed by atoms with Gasteiger partial charge >= 0.3 is 0 Å². The normalized spacial score (nSPS) is 15.8. The van der Waals surface area contributed by atoms with Crippen LogP contribution in [0.4, 0.5) is 0 Å². The quantitative estimate of drug-likeness (QED) is 0.796. The zero-order chi connectivity index (χ0) is 18.7. The number of hydrogen-bond acceptors (Lipinski definition) is 5. The number of hydrogen-bond donors (Lipinski definition) is 0. The summed E-state index contributed by atoms with van der Waals surface area (Å²) < 4.78 is 36.1. The molecule has 0 N–H and O–H groups in total. The molecular weight excluding hydrogens is 356 g/mol. The number of carbonyl (C=O) groups excluding carboxylic acids is 1. The average molecular weight is 378 g/mol. The molecule has 7 nitrogen and oxygen atoms in total. The van der Waals surface area contributed by atoms with Gasteiger partial charge in [0.1, 0.15) is 11.5 Å². The van der Waals surface area contributed by atoms with Crippen LogP contribution in [0.25, 0.3) is 11.3 Å². The summed E-state index contributed by atoms with van der Waals surface area (Å²) in [6.07, 6.45) is 0. The molecule has 0 aliphatic carbocycles. The molecule has 0 atom stereocenters. The van der Waals surface area contributed by atoms with Gasteiger partial charge in [0.05, 0.1) is 12.9 Å². The van der Waals surface area contributed by atoms with E-state index in [0.29, 0.717) is 31.9 Å². The van der Waals surface area contributed by atoms with Crippen LogP contribution in [0.3, 0.4) is 0 Å². The topological polar surface area (TPSA) is 80.1 Å². The minimum absolute atomic E-state index is 0.0738. The largest absolute Gasteiger partial charge is 0.497 e. The van der Waals surface area contributed by atoms with Crippen molar-refractivity contribution < 1.29 is 22.4 Å². The van der Waals surface area contributed by atoms with E-state index in [2.05, 4.69) is 0 Å². The molecular formula is C18H22N2O5S. The van der Waals surface area contributed by atoms with Crippen LogP contribution >= 0.6 is 0 Å². The first-order valence-electron chi connectivity index (χ1n) is 8.46. The van der Waals surface area contributed by atoms with Crippen LogP contribution in [0, 0.1) is 0 Å². The van der Waals surface area contributed by atoms with Crippen LogP contribution < -0.4 is 4.74 Å². The molecule has 3 rings (SSSR count). The molecule has 1 fully saturated rings. The van der Waals surface area contributed by atoms with Crippen LogP contribution in [0.1, 0.15) is 17.5 Å². The van der Waals surface area contributed by atoms with E-state index < -0.39 is 10.0 Å². The number of furan rings is 1. The second-order valence-corrected chi connectivity index (χ2v) is 8.24.